The Hall–Kier alpha value is -3.02. The lowest BCUT2D eigenvalue weighted by Gasteiger charge is -1.98. The Bertz CT molecular complexity index is 665. The highest BCUT2D eigenvalue weighted by molar-refractivity contribution is 6.21. The first-order valence-electron chi connectivity index (χ1n) is 6.65. The van der Waals surface area contributed by atoms with Gasteiger partial charge < -0.3 is 4.74 Å². The SMILES string of the molecule is CCOC(=O)c1cccnc1.O=C1NC(=O)c2ccccc21. The van der Waals surface area contributed by atoms with E-state index in [2.05, 4.69) is 10.3 Å². The molecule has 0 atom stereocenters. The van der Waals surface area contributed by atoms with Crippen molar-refractivity contribution in [3.63, 3.8) is 0 Å². The molecular weight excluding hydrogens is 284 g/mol. The summed E-state index contributed by atoms with van der Waals surface area (Å²) >= 11 is 0. The molecule has 1 aromatic carbocycles. The van der Waals surface area contributed by atoms with Crippen LogP contribution in [-0.4, -0.2) is 29.4 Å². The number of nitrogens with zero attached hydrogens (tertiary/aromatic N) is 1. The molecule has 2 heterocycles. The summed E-state index contributed by atoms with van der Waals surface area (Å²) in [7, 11) is 0. The lowest BCUT2D eigenvalue weighted by molar-refractivity contribution is 0.0525. The highest BCUT2D eigenvalue weighted by Crippen LogP contribution is 2.13. The van der Waals surface area contributed by atoms with Crippen LogP contribution < -0.4 is 5.32 Å². The number of hydrogen-bond acceptors (Lipinski definition) is 5. The first kappa shape index (κ1) is 15.4. The summed E-state index contributed by atoms with van der Waals surface area (Å²) in [6.07, 6.45) is 3.10. The fourth-order valence-corrected chi connectivity index (χ4v) is 1.81. The Kier molecular flexibility index (Phi) is 4.98. The Morgan fingerprint density at radius 2 is 1.73 bits per heavy atom. The minimum absolute atomic E-state index is 0.300. The number of hydrogen-bond donors (Lipinski definition) is 1. The van der Waals surface area contributed by atoms with Gasteiger partial charge in [-0.05, 0) is 31.2 Å². The van der Waals surface area contributed by atoms with Gasteiger partial charge in [-0.1, -0.05) is 12.1 Å². The molecule has 0 unspecified atom stereocenters. The third-order valence-electron chi connectivity index (χ3n) is 2.82. The normalized spacial score (nSPS) is 11.9. The summed E-state index contributed by atoms with van der Waals surface area (Å²) < 4.78 is 4.75. The van der Waals surface area contributed by atoms with Gasteiger partial charge in [0.2, 0.25) is 0 Å². The molecule has 0 spiro atoms. The van der Waals surface area contributed by atoms with Crippen molar-refractivity contribution < 1.29 is 19.1 Å². The van der Waals surface area contributed by atoms with Crippen molar-refractivity contribution in [2.45, 2.75) is 6.92 Å². The monoisotopic (exact) mass is 298 g/mol. The third-order valence-corrected chi connectivity index (χ3v) is 2.82. The fraction of sp³-hybridized carbons (Fsp3) is 0.125. The average molecular weight is 298 g/mol. The molecular formula is C16H14N2O4. The highest BCUT2D eigenvalue weighted by atomic mass is 16.5. The zero-order valence-electron chi connectivity index (χ0n) is 11.9. The van der Waals surface area contributed by atoms with Gasteiger partial charge in [0, 0.05) is 12.4 Å². The van der Waals surface area contributed by atoms with Crippen LogP contribution in [0.3, 0.4) is 0 Å². The van der Waals surface area contributed by atoms with Gasteiger partial charge in [-0.15, -0.1) is 0 Å². The van der Waals surface area contributed by atoms with Crippen LogP contribution >= 0.6 is 0 Å². The summed E-state index contributed by atoms with van der Waals surface area (Å²) in [4.78, 5) is 36.7. The number of ether oxygens (including phenoxy) is 1. The van der Waals surface area contributed by atoms with Crippen molar-refractivity contribution in [3.05, 3.63) is 65.5 Å². The predicted octanol–water partition coefficient (Wildman–Crippen LogP) is 1.83. The molecule has 0 bridgehead atoms. The molecule has 22 heavy (non-hydrogen) atoms. The first-order chi connectivity index (χ1) is 10.6. The maximum atomic E-state index is 11.0. The van der Waals surface area contributed by atoms with Crippen LogP contribution in [0.2, 0.25) is 0 Å². The van der Waals surface area contributed by atoms with E-state index in [1.807, 2.05) is 0 Å². The van der Waals surface area contributed by atoms with Gasteiger partial charge in [0.25, 0.3) is 11.8 Å². The van der Waals surface area contributed by atoms with E-state index >= 15 is 0 Å². The van der Waals surface area contributed by atoms with Crippen LogP contribution in [0, 0.1) is 0 Å². The van der Waals surface area contributed by atoms with Gasteiger partial charge in [-0.2, -0.15) is 0 Å². The molecule has 0 fully saturated rings. The summed E-state index contributed by atoms with van der Waals surface area (Å²) in [6, 6.07) is 10.1. The number of esters is 1. The molecule has 0 saturated heterocycles. The molecule has 1 N–H and O–H groups in total. The highest BCUT2D eigenvalue weighted by Gasteiger charge is 2.25. The number of fused-ring (bicyclic) bond motifs is 1. The van der Waals surface area contributed by atoms with Crippen LogP contribution in [0.1, 0.15) is 38.0 Å². The Labute approximate surface area is 127 Å². The number of nitrogens with one attached hydrogen (secondary N) is 1. The van der Waals surface area contributed by atoms with Crippen LogP contribution in [0.15, 0.2) is 48.8 Å². The smallest absolute Gasteiger partial charge is 0.339 e. The largest absolute Gasteiger partial charge is 0.462 e. The average Bonchev–Trinajstić information content (AvgIpc) is 2.84. The summed E-state index contributed by atoms with van der Waals surface area (Å²) in [5, 5.41) is 2.20. The Morgan fingerprint density at radius 3 is 2.23 bits per heavy atom. The first-order valence-corrected chi connectivity index (χ1v) is 6.65. The quantitative estimate of drug-likeness (QED) is 0.675. The van der Waals surface area contributed by atoms with Gasteiger partial charge >= 0.3 is 5.97 Å². The Morgan fingerprint density at radius 1 is 1.09 bits per heavy atom. The maximum Gasteiger partial charge on any atom is 0.339 e. The van der Waals surface area contributed by atoms with Gasteiger partial charge in [0.15, 0.2) is 0 Å². The van der Waals surface area contributed by atoms with Crippen molar-refractivity contribution in [2.75, 3.05) is 6.61 Å². The van der Waals surface area contributed by atoms with Crippen molar-refractivity contribution in [1.82, 2.24) is 10.3 Å². The number of carbonyl (C=O) groups excluding carboxylic acids is 3. The number of aromatic nitrogens is 1. The number of amides is 2. The van der Waals surface area contributed by atoms with E-state index in [9.17, 15) is 14.4 Å². The van der Waals surface area contributed by atoms with E-state index in [0.29, 0.717) is 23.3 Å². The molecule has 1 aliphatic rings. The predicted molar refractivity (Wildman–Crippen MR) is 78.4 cm³/mol. The second-order valence-corrected chi connectivity index (χ2v) is 4.29. The maximum absolute atomic E-state index is 11.0. The van der Waals surface area contributed by atoms with Crippen LogP contribution in [0.4, 0.5) is 0 Å². The Balaban J connectivity index is 0.000000160. The van der Waals surface area contributed by atoms with Crippen LogP contribution in [-0.2, 0) is 4.74 Å². The zero-order valence-corrected chi connectivity index (χ0v) is 11.9. The van der Waals surface area contributed by atoms with Crippen LogP contribution in [0.5, 0.6) is 0 Å². The summed E-state index contributed by atoms with van der Waals surface area (Å²) in [6.45, 7) is 2.17. The van der Waals surface area contributed by atoms with Gasteiger partial charge in [0.1, 0.15) is 0 Å². The molecule has 0 aliphatic carbocycles. The van der Waals surface area contributed by atoms with Crippen molar-refractivity contribution in [1.29, 1.82) is 0 Å². The van der Waals surface area contributed by atoms with E-state index in [0.717, 1.165) is 0 Å². The molecule has 6 heteroatoms. The molecule has 3 rings (SSSR count). The molecule has 2 amide bonds. The van der Waals surface area contributed by atoms with E-state index < -0.39 is 0 Å². The molecule has 1 aliphatic heterocycles. The van der Waals surface area contributed by atoms with E-state index in [1.165, 1.54) is 6.20 Å². The van der Waals surface area contributed by atoms with Crippen molar-refractivity contribution in [3.8, 4) is 0 Å². The summed E-state index contributed by atoms with van der Waals surface area (Å²) in [5.74, 6) is -0.920. The van der Waals surface area contributed by atoms with Crippen molar-refractivity contribution >= 4 is 17.8 Å². The number of rotatable bonds is 2. The zero-order chi connectivity index (χ0) is 15.9. The summed E-state index contributed by atoms with van der Waals surface area (Å²) in [5.41, 5.74) is 1.43. The molecule has 0 radical (unpaired) electrons. The molecule has 112 valence electrons. The minimum atomic E-state index is -0.319. The van der Waals surface area contributed by atoms with E-state index in [-0.39, 0.29) is 17.8 Å². The molecule has 6 nitrogen and oxygen atoms in total. The van der Waals surface area contributed by atoms with Crippen molar-refractivity contribution in [2.24, 2.45) is 0 Å². The molecule has 0 saturated carbocycles. The van der Waals surface area contributed by atoms with E-state index in [1.54, 1.807) is 49.5 Å². The molecule has 2 aromatic rings. The number of carbonyl (C=O) groups is 3. The van der Waals surface area contributed by atoms with Gasteiger partial charge in [-0.3, -0.25) is 19.9 Å². The standard InChI is InChI=1S/C8H5NO2.C8H9NO2/c10-7-5-3-1-2-4-6(5)8(11)9-7;1-2-11-8(10)7-4-3-5-9-6-7/h1-4H,(H,9,10,11);3-6H,2H2,1H3. The topological polar surface area (TPSA) is 85.4 Å². The van der Waals surface area contributed by atoms with Gasteiger partial charge in [0.05, 0.1) is 23.3 Å². The van der Waals surface area contributed by atoms with E-state index in [4.69, 9.17) is 4.74 Å². The number of imide groups is 1. The second-order valence-electron chi connectivity index (χ2n) is 4.29. The second kappa shape index (κ2) is 7.12. The van der Waals surface area contributed by atoms with Crippen LogP contribution in [0.25, 0.3) is 0 Å². The number of benzene rings is 1. The minimum Gasteiger partial charge on any atom is -0.462 e. The third kappa shape index (κ3) is 3.54. The van der Waals surface area contributed by atoms with Gasteiger partial charge in [-0.25, -0.2) is 4.79 Å². The lowest BCUT2D eigenvalue weighted by Crippen LogP contribution is -2.19. The lowest BCUT2D eigenvalue weighted by atomic mass is 10.1. The fourth-order valence-electron chi connectivity index (χ4n) is 1.81. The molecule has 1 aromatic heterocycles. The number of pyridine rings is 1.